The normalized spacial score (nSPS) is 18.9. The molecule has 26 heavy (non-hydrogen) atoms. The van der Waals surface area contributed by atoms with Crippen molar-refractivity contribution in [3.05, 3.63) is 101 Å². The predicted molar refractivity (Wildman–Crippen MR) is 111 cm³/mol. The van der Waals surface area contributed by atoms with Crippen LogP contribution in [0.4, 0.5) is 0 Å². The van der Waals surface area contributed by atoms with E-state index >= 15 is 0 Å². The van der Waals surface area contributed by atoms with Crippen LogP contribution in [0, 0.1) is 0 Å². The molecule has 130 valence electrons. The first-order chi connectivity index (χ1) is 12.6. The number of rotatable bonds is 3. The first-order valence-corrected chi connectivity index (χ1v) is 18.5. The van der Waals surface area contributed by atoms with E-state index in [2.05, 4.69) is 99.8 Å². The second-order valence-electron chi connectivity index (χ2n) is 7.72. The molecule has 0 bridgehead atoms. The van der Waals surface area contributed by atoms with Gasteiger partial charge < -0.3 is 0 Å². The van der Waals surface area contributed by atoms with Gasteiger partial charge in [0, 0.05) is 0 Å². The van der Waals surface area contributed by atoms with Crippen LogP contribution >= 0.6 is 0 Å². The molecule has 2 aliphatic rings. The first kappa shape index (κ1) is 18.1. The van der Waals surface area contributed by atoms with Gasteiger partial charge in [-0.2, -0.15) is 0 Å². The van der Waals surface area contributed by atoms with Gasteiger partial charge in [0.2, 0.25) is 0 Å². The zero-order valence-electron chi connectivity index (χ0n) is 16.1. The predicted octanol–water partition coefficient (Wildman–Crippen LogP) is 6.74. The van der Waals surface area contributed by atoms with Crippen LogP contribution in [0.2, 0.25) is 16.7 Å². The van der Waals surface area contributed by atoms with E-state index in [-0.39, 0.29) is 5.43 Å². The molecule has 0 heterocycles. The van der Waals surface area contributed by atoms with Gasteiger partial charge in [0.05, 0.1) is 0 Å². The molecule has 0 amide bonds. The van der Waals surface area contributed by atoms with Gasteiger partial charge in [0.25, 0.3) is 0 Å². The fraction of sp³-hybridized carbons (Fsp3) is 0.250. The van der Waals surface area contributed by atoms with E-state index in [9.17, 15) is 0 Å². The summed E-state index contributed by atoms with van der Waals surface area (Å²) in [5, 5.41) is 0. The van der Waals surface area contributed by atoms with Crippen molar-refractivity contribution >= 4 is 11.0 Å². The van der Waals surface area contributed by atoms with Gasteiger partial charge in [-0.3, -0.25) is 0 Å². The fourth-order valence-electron chi connectivity index (χ4n) is 4.57. The van der Waals surface area contributed by atoms with Crippen molar-refractivity contribution in [3.8, 4) is 0 Å². The molecule has 1 atom stereocenters. The van der Waals surface area contributed by atoms with E-state index in [1.165, 1.54) is 16.7 Å². The summed E-state index contributed by atoms with van der Waals surface area (Å²) in [7, 11) is 0. The van der Waals surface area contributed by atoms with Gasteiger partial charge in [0.1, 0.15) is 0 Å². The fourth-order valence-corrected chi connectivity index (χ4v) is 24.8. The van der Waals surface area contributed by atoms with Crippen LogP contribution in [0.3, 0.4) is 0 Å². The maximum atomic E-state index is 2.66. The van der Waals surface area contributed by atoms with Crippen LogP contribution in [-0.4, -0.2) is 5.43 Å². The summed E-state index contributed by atoms with van der Waals surface area (Å²) in [4.78, 5) is 0. The number of hydrogen-bond donors (Lipinski definition) is 0. The van der Waals surface area contributed by atoms with Gasteiger partial charge in [-0.1, -0.05) is 0 Å². The Morgan fingerprint density at radius 2 is 1.42 bits per heavy atom. The summed E-state index contributed by atoms with van der Waals surface area (Å²) >= 11 is -1.76. The molecule has 2 aromatic carbocycles. The molecule has 0 aromatic heterocycles. The summed E-state index contributed by atoms with van der Waals surface area (Å²) < 4.78 is 1.51. The third kappa shape index (κ3) is 3.12. The summed E-state index contributed by atoms with van der Waals surface area (Å²) in [5.74, 6) is 0. The molecule has 1 unspecified atom stereocenters. The van der Waals surface area contributed by atoms with Crippen LogP contribution in [0.15, 0.2) is 84.0 Å². The molecule has 0 fully saturated rings. The quantitative estimate of drug-likeness (QED) is 0.470. The molecule has 0 nitrogen and oxygen atoms in total. The summed E-state index contributed by atoms with van der Waals surface area (Å²) in [6, 6.07) is 20.2. The molecule has 2 heteroatoms. The van der Waals surface area contributed by atoms with Gasteiger partial charge in [-0.15, -0.1) is 0 Å². The van der Waals surface area contributed by atoms with E-state index in [1.807, 2.05) is 0 Å². The van der Waals surface area contributed by atoms with Crippen molar-refractivity contribution in [1.82, 2.24) is 0 Å². The molecule has 0 radical (unpaired) electrons. The van der Waals surface area contributed by atoms with Gasteiger partial charge in [0.15, 0.2) is 0 Å². The van der Waals surface area contributed by atoms with Crippen LogP contribution in [-0.2, 0) is 20.4 Å². The minimum absolute atomic E-state index is 0.280. The molecule has 0 N–H and O–H groups in total. The summed E-state index contributed by atoms with van der Waals surface area (Å²) in [5.41, 5.74) is 8.90. The maximum absolute atomic E-state index is 2.66. The molecule has 4 rings (SSSR count). The van der Waals surface area contributed by atoms with E-state index in [0.717, 1.165) is 3.63 Å². The summed E-state index contributed by atoms with van der Waals surface area (Å²) in [6.45, 7) is 9.89. The van der Waals surface area contributed by atoms with Crippen LogP contribution in [0.25, 0.3) is 5.57 Å². The molecular formula is C24H26SiZr. The van der Waals surface area contributed by atoms with Gasteiger partial charge >= 0.3 is 166 Å². The Morgan fingerprint density at radius 3 is 2.08 bits per heavy atom. The van der Waals surface area contributed by atoms with Gasteiger partial charge in [-0.05, 0) is 0 Å². The molecule has 0 spiro atoms. The van der Waals surface area contributed by atoms with Crippen molar-refractivity contribution in [2.24, 2.45) is 0 Å². The average Bonchev–Trinajstić information content (AvgIpc) is 3.18. The van der Waals surface area contributed by atoms with E-state index in [4.69, 9.17) is 0 Å². The Bertz CT molecular complexity index is 954. The number of fused-ring (bicyclic) bond motifs is 1. The number of allylic oxidation sites excluding steroid dienone is 5. The Hall–Kier alpha value is -1.24. The SMILES string of the molecule is CC1=CC=C(C)[CH]1[Zr]([CH]1C=C(c2ccccc2)c2ccccc21)=[Si](C)C. The third-order valence-electron chi connectivity index (χ3n) is 5.75. The molecular weight excluding hydrogens is 408 g/mol. The Morgan fingerprint density at radius 1 is 0.808 bits per heavy atom. The zero-order chi connectivity index (χ0) is 18.3. The molecule has 0 saturated carbocycles. The molecule has 2 aromatic rings. The van der Waals surface area contributed by atoms with E-state index in [0.29, 0.717) is 3.63 Å². The van der Waals surface area contributed by atoms with E-state index in [1.54, 1.807) is 16.7 Å². The zero-order valence-corrected chi connectivity index (χ0v) is 19.5. The Labute approximate surface area is 165 Å². The van der Waals surface area contributed by atoms with Crippen molar-refractivity contribution in [2.75, 3.05) is 0 Å². The second-order valence-corrected chi connectivity index (χ2v) is 25.7. The monoisotopic (exact) mass is 432 g/mol. The summed E-state index contributed by atoms with van der Waals surface area (Å²) in [6.07, 6.45) is 7.42. The Kier molecular flexibility index (Phi) is 5.17. The van der Waals surface area contributed by atoms with Crippen molar-refractivity contribution < 1.29 is 20.4 Å². The second kappa shape index (κ2) is 7.41. The number of hydrogen-bond acceptors (Lipinski definition) is 0. The van der Waals surface area contributed by atoms with Crippen LogP contribution in [0.1, 0.15) is 34.2 Å². The molecule has 0 aliphatic heterocycles. The number of benzene rings is 2. The van der Waals surface area contributed by atoms with Crippen molar-refractivity contribution in [1.29, 1.82) is 0 Å². The third-order valence-corrected chi connectivity index (χ3v) is 25.6. The first-order valence-electron chi connectivity index (χ1n) is 9.46. The van der Waals surface area contributed by atoms with Gasteiger partial charge in [-0.25, -0.2) is 0 Å². The molecule has 2 aliphatic carbocycles. The standard InChI is InChI=1S/C15H11.C7H9.C2H6Si.Zr/c1-2-6-12(7-3-1)15-11-10-13-8-4-5-9-14(13)15;1-6-3-4-7(2)5-6;1-3-2;/h1-11H;3-5H,1-2H3;1-2H3;. The minimum atomic E-state index is -1.76. The van der Waals surface area contributed by atoms with E-state index < -0.39 is 20.4 Å². The topological polar surface area (TPSA) is 0 Å². The van der Waals surface area contributed by atoms with Crippen molar-refractivity contribution in [3.63, 3.8) is 0 Å². The van der Waals surface area contributed by atoms with Crippen LogP contribution < -0.4 is 0 Å². The van der Waals surface area contributed by atoms with Crippen molar-refractivity contribution in [2.45, 2.75) is 34.2 Å². The average molecular weight is 434 g/mol. The molecule has 0 saturated heterocycles. The van der Waals surface area contributed by atoms with Crippen LogP contribution in [0.5, 0.6) is 0 Å². The Balaban J connectivity index is 1.88.